The number of fused-ring (bicyclic) bond motifs is 2. The van der Waals surface area contributed by atoms with Crippen LogP contribution in [-0.4, -0.2) is 38.5 Å². The number of thiazole rings is 1. The summed E-state index contributed by atoms with van der Waals surface area (Å²) in [5, 5.41) is 0. The molecule has 0 atom stereocenters. The molecule has 0 fully saturated rings. The lowest BCUT2D eigenvalue weighted by Crippen LogP contribution is -2.29. The van der Waals surface area contributed by atoms with Gasteiger partial charge in [0.05, 0.1) is 15.9 Å². The predicted octanol–water partition coefficient (Wildman–Crippen LogP) is 4.34. The van der Waals surface area contributed by atoms with Crippen molar-refractivity contribution in [3.05, 3.63) is 57.5 Å². The highest BCUT2D eigenvalue weighted by Gasteiger charge is 2.14. The Balaban J connectivity index is 1.78. The van der Waals surface area contributed by atoms with E-state index in [1.54, 1.807) is 0 Å². The number of hydrogen-bond donors (Lipinski definition) is 0. The molecule has 3 heterocycles. The Morgan fingerprint density at radius 1 is 1.11 bits per heavy atom. The van der Waals surface area contributed by atoms with Crippen LogP contribution in [0.1, 0.15) is 25.1 Å². The number of likely N-dealkylation sites (N-methyl/N-ethyl adjacent to an activating group) is 1. The van der Waals surface area contributed by atoms with Crippen LogP contribution in [0.2, 0.25) is 0 Å². The van der Waals surface area contributed by atoms with Crippen LogP contribution in [0.5, 0.6) is 0 Å². The summed E-state index contributed by atoms with van der Waals surface area (Å²) >= 11 is 1.32. The lowest BCUT2D eigenvalue weighted by atomic mass is 10.1. The van der Waals surface area contributed by atoms with Crippen molar-refractivity contribution in [2.45, 2.75) is 34.2 Å². The molecule has 28 heavy (non-hydrogen) atoms. The van der Waals surface area contributed by atoms with Crippen molar-refractivity contribution < 1.29 is 0 Å². The van der Waals surface area contributed by atoms with Gasteiger partial charge in [0.25, 0.3) is 0 Å². The molecule has 6 heteroatoms. The fraction of sp³-hybridized carbons (Fsp3) is 0.364. The molecular weight excluding hydrogens is 368 g/mol. The van der Waals surface area contributed by atoms with E-state index in [0.717, 1.165) is 52.4 Å². The molecule has 1 aromatic carbocycles. The summed E-state index contributed by atoms with van der Waals surface area (Å²) < 4.78 is 5.07. The maximum absolute atomic E-state index is 12.6. The lowest BCUT2D eigenvalue weighted by molar-refractivity contribution is 0.291. The summed E-state index contributed by atoms with van der Waals surface area (Å²) in [4.78, 5) is 19.9. The minimum atomic E-state index is 0.113. The van der Waals surface area contributed by atoms with Crippen LogP contribution in [0, 0.1) is 13.8 Å². The zero-order valence-corrected chi connectivity index (χ0v) is 17.7. The molecule has 0 saturated heterocycles. The number of aromatic nitrogens is 3. The molecule has 0 N–H and O–H groups in total. The average Bonchev–Trinajstić information content (AvgIpc) is 3.18. The first-order valence-corrected chi connectivity index (χ1v) is 10.6. The fourth-order valence-corrected chi connectivity index (χ4v) is 4.64. The molecule has 0 aliphatic carbocycles. The molecule has 5 nitrogen and oxygen atoms in total. The van der Waals surface area contributed by atoms with Gasteiger partial charge in [0, 0.05) is 30.5 Å². The smallest absolute Gasteiger partial charge is 0.304 e. The van der Waals surface area contributed by atoms with E-state index >= 15 is 0 Å². The maximum Gasteiger partial charge on any atom is 0.308 e. The third kappa shape index (κ3) is 3.27. The first-order chi connectivity index (χ1) is 13.5. The Morgan fingerprint density at radius 2 is 1.89 bits per heavy atom. The zero-order chi connectivity index (χ0) is 19.8. The molecule has 3 aromatic heterocycles. The Kier molecular flexibility index (Phi) is 5.08. The SMILES string of the molecule is CCN(CC)CCn1c(=O)sc2ccc(-c3nc4cc(C)ccn4c3C)cc21. The quantitative estimate of drug-likeness (QED) is 0.489. The van der Waals surface area contributed by atoms with Crippen LogP contribution in [-0.2, 0) is 6.54 Å². The molecule has 4 rings (SSSR count). The highest BCUT2D eigenvalue weighted by molar-refractivity contribution is 7.16. The normalized spacial score (nSPS) is 11.9. The second-order valence-electron chi connectivity index (χ2n) is 7.21. The summed E-state index contributed by atoms with van der Waals surface area (Å²) in [6.07, 6.45) is 2.07. The van der Waals surface area contributed by atoms with Crippen molar-refractivity contribution in [2.24, 2.45) is 0 Å². The van der Waals surface area contributed by atoms with Gasteiger partial charge in [0.2, 0.25) is 0 Å². The third-order valence-electron chi connectivity index (χ3n) is 5.50. The van der Waals surface area contributed by atoms with Crippen molar-refractivity contribution in [3.8, 4) is 11.3 Å². The minimum Gasteiger partial charge on any atom is -0.304 e. The van der Waals surface area contributed by atoms with Crippen LogP contribution in [0.25, 0.3) is 27.1 Å². The molecule has 0 bridgehead atoms. The van der Waals surface area contributed by atoms with Crippen LogP contribution in [0.3, 0.4) is 0 Å². The van der Waals surface area contributed by atoms with E-state index in [1.165, 1.54) is 16.9 Å². The monoisotopic (exact) mass is 394 g/mol. The second-order valence-corrected chi connectivity index (χ2v) is 8.20. The zero-order valence-electron chi connectivity index (χ0n) is 16.9. The first kappa shape index (κ1) is 18.9. The highest BCUT2D eigenvalue weighted by atomic mass is 32.1. The molecule has 0 aliphatic heterocycles. The number of nitrogens with zero attached hydrogens (tertiary/aromatic N) is 4. The van der Waals surface area contributed by atoms with Crippen LogP contribution in [0.4, 0.5) is 0 Å². The van der Waals surface area contributed by atoms with E-state index in [9.17, 15) is 4.79 Å². The average molecular weight is 395 g/mol. The molecule has 0 radical (unpaired) electrons. The Bertz CT molecular complexity index is 1200. The van der Waals surface area contributed by atoms with Gasteiger partial charge in [0.15, 0.2) is 0 Å². The van der Waals surface area contributed by atoms with Crippen LogP contribution >= 0.6 is 11.3 Å². The molecular formula is C22H26N4OS. The van der Waals surface area contributed by atoms with Crippen molar-refractivity contribution in [2.75, 3.05) is 19.6 Å². The Morgan fingerprint density at radius 3 is 2.64 bits per heavy atom. The summed E-state index contributed by atoms with van der Waals surface area (Å²) in [7, 11) is 0. The Hall–Kier alpha value is -2.44. The summed E-state index contributed by atoms with van der Waals surface area (Å²) in [5.74, 6) is 0. The lowest BCUT2D eigenvalue weighted by Gasteiger charge is -2.18. The molecule has 146 valence electrons. The standard InChI is InChI=1S/C22H26N4OS/c1-5-24(6-2)11-12-26-18-14-17(7-8-19(18)28-22(26)27)21-16(4)25-10-9-15(3)13-20(25)23-21/h7-10,13-14H,5-6,11-12H2,1-4H3. The molecule has 0 saturated carbocycles. The van der Waals surface area contributed by atoms with Gasteiger partial charge in [-0.2, -0.15) is 0 Å². The minimum absolute atomic E-state index is 0.113. The van der Waals surface area contributed by atoms with Crippen molar-refractivity contribution >= 4 is 27.2 Å². The van der Waals surface area contributed by atoms with Gasteiger partial charge in [0.1, 0.15) is 5.65 Å². The van der Waals surface area contributed by atoms with E-state index in [1.807, 2.05) is 4.57 Å². The van der Waals surface area contributed by atoms with Crippen LogP contribution < -0.4 is 4.87 Å². The molecule has 0 unspecified atom stereocenters. The Labute approximate surface area is 168 Å². The van der Waals surface area contributed by atoms with E-state index in [2.05, 4.69) is 73.5 Å². The second kappa shape index (κ2) is 7.53. The first-order valence-electron chi connectivity index (χ1n) is 9.83. The third-order valence-corrected chi connectivity index (χ3v) is 6.46. The summed E-state index contributed by atoms with van der Waals surface area (Å²) in [6.45, 7) is 12.1. The molecule has 0 amide bonds. The van der Waals surface area contributed by atoms with Gasteiger partial charge >= 0.3 is 4.87 Å². The van der Waals surface area contributed by atoms with E-state index < -0.39 is 0 Å². The number of imidazole rings is 1. The predicted molar refractivity (Wildman–Crippen MR) is 118 cm³/mol. The number of pyridine rings is 1. The van der Waals surface area contributed by atoms with Gasteiger partial charge < -0.3 is 9.30 Å². The molecule has 0 spiro atoms. The van der Waals surface area contributed by atoms with Gasteiger partial charge in [-0.1, -0.05) is 31.3 Å². The van der Waals surface area contributed by atoms with Crippen LogP contribution in [0.15, 0.2) is 41.3 Å². The van der Waals surface area contributed by atoms with E-state index in [4.69, 9.17) is 4.98 Å². The van der Waals surface area contributed by atoms with E-state index in [0.29, 0.717) is 6.54 Å². The summed E-state index contributed by atoms with van der Waals surface area (Å²) in [5.41, 5.74) is 6.30. The van der Waals surface area contributed by atoms with Gasteiger partial charge in [-0.15, -0.1) is 0 Å². The fourth-order valence-electron chi connectivity index (χ4n) is 3.74. The largest absolute Gasteiger partial charge is 0.308 e. The van der Waals surface area contributed by atoms with Gasteiger partial charge in [-0.05, 0) is 56.8 Å². The topological polar surface area (TPSA) is 42.5 Å². The van der Waals surface area contributed by atoms with Crippen molar-refractivity contribution in [1.29, 1.82) is 0 Å². The number of rotatable bonds is 6. The number of aryl methyl sites for hydroxylation is 2. The van der Waals surface area contributed by atoms with E-state index in [-0.39, 0.29) is 4.87 Å². The van der Waals surface area contributed by atoms with Crippen molar-refractivity contribution in [3.63, 3.8) is 0 Å². The van der Waals surface area contributed by atoms with Gasteiger partial charge in [-0.3, -0.25) is 9.36 Å². The highest BCUT2D eigenvalue weighted by Crippen LogP contribution is 2.28. The van der Waals surface area contributed by atoms with Crippen molar-refractivity contribution in [1.82, 2.24) is 18.9 Å². The molecule has 4 aromatic rings. The van der Waals surface area contributed by atoms with Gasteiger partial charge in [-0.25, -0.2) is 4.98 Å². The molecule has 0 aliphatic rings. The maximum atomic E-state index is 12.6. The summed E-state index contributed by atoms with van der Waals surface area (Å²) in [6, 6.07) is 10.4. The number of hydrogen-bond acceptors (Lipinski definition) is 4. The number of benzene rings is 1.